The number of alkyl carbamates (subject to hydrolysis) is 1. The molecule has 1 saturated carbocycles. The normalized spacial score (nSPS) is 22.3. The Hall–Kier alpha value is -1.87. The Morgan fingerprint density at radius 2 is 1.81 bits per heavy atom. The zero-order valence-corrected chi connectivity index (χ0v) is 21.8. The molecule has 1 fully saturated rings. The number of halogens is 1. The van der Waals surface area contributed by atoms with Crippen LogP contribution >= 0.6 is 0 Å². The third-order valence-corrected chi connectivity index (χ3v) is 10.9. The fourth-order valence-electron chi connectivity index (χ4n) is 3.46. The van der Waals surface area contributed by atoms with E-state index in [2.05, 4.69) is 49.5 Å². The van der Waals surface area contributed by atoms with Crippen LogP contribution in [-0.4, -0.2) is 43.2 Å². The first-order chi connectivity index (χ1) is 14.5. The molecule has 32 heavy (non-hydrogen) atoms. The molecular formula is C23H40FN3O4Si. The monoisotopic (exact) mass is 469 g/mol. The van der Waals surface area contributed by atoms with E-state index in [1.54, 1.807) is 0 Å². The minimum Gasteiger partial charge on any atom is -0.444 e. The first-order valence-electron chi connectivity index (χ1n) is 11.3. The van der Waals surface area contributed by atoms with Crippen molar-refractivity contribution in [3.63, 3.8) is 0 Å². The number of pyridine rings is 1. The first-order valence-corrected chi connectivity index (χ1v) is 14.2. The van der Waals surface area contributed by atoms with Crippen LogP contribution in [0.25, 0.3) is 0 Å². The molecule has 0 atom stereocenters. The highest BCUT2D eigenvalue weighted by Crippen LogP contribution is 2.39. The Morgan fingerprint density at radius 1 is 1.22 bits per heavy atom. The molecule has 1 aliphatic rings. The van der Waals surface area contributed by atoms with E-state index in [0.717, 1.165) is 6.20 Å². The number of hydrogen-bond donors (Lipinski definition) is 3. The summed E-state index contributed by atoms with van der Waals surface area (Å²) in [5.74, 6) is -0.494. The van der Waals surface area contributed by atoms with Crippen LogP contribution in [0.4, 0.5) is 14.9 Å². The van der Waals surface area contributed by atoms with Gasteiger partial charge in [-0.1, -0.05) is 20.8 Å². The average molecular weight is 470 g/mol. The van der Waals surface area contributed by atoms with E-state index in [1.807, 2.05) is 20.8 Å². The van der Waals surface area contributed by atoms with Gasteiger partial charge in [0.25, 0.3) is 5.56 Å². The van der Waals surface area contributed by atoms with E-state index in [1.165, 1.54) is 6.07 Å². The van der Waals surface area contributed by atoms with Crippen molar-refractivity contribution in [2.24, 2.45) is 0 Å². The molecule has 1 amide bonds. The number of aromatic nitrogens is 1. The number of carbonyl (C=O) groups excluding carboxylic acids is 1. The van der Waals surface area contributed by atoms with Gasteiger partial charge in [0.15, 0.2) is 8.32 Å². The van der Waals surface area contributed by atoms with Crippen molar-refractivity contribution in [2.45, 2.75) is 103 Å². The van der Waals surface area contributed by atoms with Crippen molar-refractivity contribution in [1.29, 1.82) is 0 Å². The van der Waals surface area contributed by atoms with Gasteiger partial charge in [-0.15, -0.1) is 0 Å². The van der Waals surface area contributed by atoms with Gasteiger partial charge in [-0.25, -0.2) is 9.18 Å². The topological polar surface area (TPSA) is 92.4 Å². The molecule has 0 bridgehead atoms. The summed E-state index contributed by atoms with van der Waals surface area (Å²) in [5.41, 5.74) is -1.27. The number of amides is 1. The Bertz CT molecular complexity index is 850. The summed E-state index contributed by atoms with van der Waals surface area (Å²) in [7, 11) is -2.02. The largest absolute Gasteiger partial charge is 0.444 e. The number of H-pyrrole nitrogens is 1. The maximum Gasteiger partial charge on any atom is 0.408 e. The highest BCUT2D eigenvalue weighted by Gasteiger charge is 2.43. The fourth-order valence-corrected chi connectivity index (χ4v) is 4.53. The van der Waals surface area contributed by atoms with Crippen LogP contribution in [0.2, 0.25) is 18.1 Å². The third kappa shape index (κ3) is 7.33. The standard InChI is InChI=1S/C23H40FN3O4Si/c1-21(2,3)31-20(29)27-23(15-30-32(7,8)22(4,5)6)11-9-17(10-12-23)26-18-13-16(24)14-25-19(18)28/h13-14,17,26H,9-12,15H2,1-8H3,(H,25,28)(H,27,29). The van der Waals surface area contributed by atoms with Crippen molar-refractivity contribution in [3.05, 3.63) is 28.4 Å². The van der Waals surface area contributed by atoms with Crippen molar-refractivity contribution in [3.8, 4) is 0 Å². The smallest absolute Gasteiger partial charge is 0.408 e. The van der Waals surface area contributed by atoms with E-state index in [4.69, 9.17) is 9.16 Å². The molecule has 1 aromatic rings. The van der Waals surface area contributed by atoms with E-state index < -0.39 is 31.4 Å². The Kier molecular flexibility index (Phi) is 7.87. The zero-order chi connectivity index (χ0) is 24.4. The molecule has 0 aliphatic heterocycles. The summed E-state index contributed by atoms with van der Waals surface area (Å²) in [6.07, 6.45) is 3.31. The summed E-state index contributed by atoms with van der Waals surface area (Å²) >= 11 is 0. The molecule has 7 nitrogen and oxygen atoms in total. The van der Waals surface area contributed by atoms with Crippen LogP contribution in [0.5, 0.6) is 0 Å². The summed E-state index contributed by atoms with van der Waals surface area (Å²) in [4.78, 5) is 27.0. The number of ether oxygens (including phenoxy) is 1. The van der Waals surface area contributed by atoms with E-state index >= 15 is 0 Å². The van der Waals surface area contributed by atoms with Crippen LogP contribution in [0.1, 0.15) is 67.2 Å². The predicted molar refractivity (Wildman–Crippen MR) is 128 cm³/mol. The fraction of sp³-hybridized carbons (Fsp3) is 0.739. The van der Waals surface area contributed by atoms with Gasteiger partial charge in [0.2, 0.25) is 0 Å². The number of rotatable bonds is 6. The maximum absolute atomic E-state index is 13.5. The van der Waals surface area contributed by atoms with Gasteiger partial charge in [-0.3, -0.25) is 4.79 Å². The molecule has 0 radical (unpaired) electrons. The lowest BCUT2D eigenvalue weighted by atomic mass is 9.80. The van der Waals surface area contributed by atoms with E-state index in [9.17, 15) is 14.0 Å². The van der Waals surface area contributed by atoms with Gasteiger partial charge < -0.3 is 24.8 Å². The molecule has 3 N–H and O–H groups in total. The summed E-state index contributed by atoms with van der Waals surface area (Å²) in [6, 6.07) is 1.21. The van der Waals surface area contributed by atoms with Gasteiger partial charge in [-0.05, 0) is 64.6 Å². The maximum atomic E-state index is 13.5. The van der Waals surface area contributed by atoms with Gasteiger partial charge in [0, 0.05) is 18.3 Å². The minimum absolute atomic E-state index is 0.000618. The molecule has 0 saturated heterocycles. The van der Waals surface area contributed by atoms with Crippen molar-refractivity contribution < 1.29 is 18.3 Å². The third-order valence-electron chi connectivity index (χ3n) is 6.45. The molecule has 9 heteroatoms. The Balaban J connectivity index is 2.13. The molecule has 0 unspecified atom stereocenters. The number of carbonyl (C=O) groups is 1. The lowest BCUT2D eigenvalue weighted by Crippen LogP contribution is -2.58. The number of aromatic amines is 1. The molecule has 1 heterocycles. The Morgan fingerprint density at radius 3 is 2.34 bits per heavy atom. The molecule has 0 aromatic carbocycles. The molecule has 0 spiro atoms. The number of nitrogens with one attached hydrogen (secondary N) is 3. The molecule has 1 aromatic heterocycles. The van der Waals surface area contributed by atoms with Gasteiger partial charge in [0.05, 0.1) is 12.1 Å². The summed E-state index contributed by atoms with van der Waals surface area (Å²) in [5, 5.41) is 6.31. The summed E-state index contributed by atoms with van der Waals surface area (Å²) in [6.45, 7) is 16.9. The molecule has 182 valence electrons. The van der Waals surface area contributed by atoms with Gasteiger partial charge >= 0.3 is 6.09 Å². The first kappa shape index (κ1) is 26.4. The van der Waals surface area contributed by atoms with E-state index in [0.29, 0.717) is 32.3 Å². The van der Waals surface area contributed by atoms with Gasteiger partial charge in [0.1, 0.15) is 17.1 Å². The second-order valence-electron chi connectivity index (χ2n) is 11.4. The van der Waals surface area contributed by atoms with Crippen molar-refractivity contribution in [1.82, 2.24) is 10.3 Å². The van der Waals surface area contributed by atoms with Crippen LogP contribution in [0, 0.1) is 5.82 Å². The van der Waals surface area contributed by atoms with Crippen LogP contribution < -0.4 is 16.2 Å². The molecule has 2 rings (SSSR count). The highest BCUT2D eigenvalue weighted by molar-refractivity contribution is 6.74. The average Bonchev–Trinajstić information content (AvgIpc) is 2.62. The zero-order valence-electron chi connectivity index (χ0n) is 20.8. The quantitative estimate of drug-likeness (QED) is 0.501. The number of hydrogen-bond acceptors (Lipinski definition) is 5. The SMILES string of the molecule is CC(C)(C)OC(=O)NC1(CO[Si](C)(C)C(C)(C)C)CCC(Nc2cc(F)c[nH]c2=O)CC1. The predicted octanol–water partition coefficient (Wildman–Crippen LogP) is 5.15. The number of anilines is 1. The summed E-state index contributed by atoms with van der Waals surface area (Å²) < 4.78 is 25.5. The van der Waals surface area contributed by atoms with E-state index in [-0.39, 0.29) is 22.3 Å². The van der Waals surface area contributed by atoms with Crippen molar-refractivity contribution >= 4 is 20.1 Å². The lowest BCUT2D eigenvalue weighted by molar-refractivity contribution is 0.0348. The van der Waals surface area contributed by atoms with Crippen molar-refractivity contribution in [2.75, 3.05) is 11.9 Å². The lowest BCUT2D eigenvalue weighted by Gasteiger charge is -2.44. The second-order valence-corrected chi connectivity index (χ2v) is 16.2. The Labute approximate surface area is 192 Å². The molecular weight excluding hydrogens is 429 g/mol. The van der Waals surface area contributed by atoms with Crippen LogP contribution in [0.3, 0.4) is 0 Å². The second kappa shape index (κ2) is 9.55. The van der Waals surface area contributed by atoms with Crippen LogP contribution in [-0.2, 0) is 9.16 Å². The minimum atomic E-state index is -2.02. The highest BCUT2D eigenvalue weighted by atomic mass is 28.4. The van der Waals surface area contributed by atoms with Crippen LogP contribution in [0.15, 0.2) is 17.1 Å². The van der Waals surface area contributed by atoms with Gasteiger partial charge in [-0.2, -0.15) is 0 Å². The molecule has 1 aliphatic carbocycles.